The Labute approximate surface area is 158 Å². The molecule has 0 spiro atoms. The molecule has 7 heteroatoms. The highest BCUT2D eigenvalue weighted by atomic mass is 16.5. The van der Waals surface area contributed by atoms with Crippen LogP contribution in [-0.2, 0) is 9.59 Å². The lowest BCUT2D eigenvalue weighted by Gasteiger charge is -2.21. The first-order chi connectivity index (χ1) is 13.0. The third-order valence-electron chi connectivity index (χ3n) is 3.93. The molecule has 0 aliphatic heterocycles. The molecule has 0 unspecified atom stereocenters. The van der Waals surface area contributed by atoms with Crippen molar-refractivity contribution in [3.8, 4) is 17.6 Å². The summed E-state index contributed by atoms with van der Waals surface area (Å²) in [4.78, 5) is 25.8. The molecule has 1 N–H and O–H groups in total. The first kappa shape index (κ1) is 19.8. The van der Waals surface area contributed by atoms with E-state index in [0.717, 1.165) is 0 Å². The minimum atomic E-state index is -0.263. The molecule has 140 valence electrons. The van der Waals surface area contributed by atoms with E-state index in [4.69, 9.17) is 14.7 Å². The third-order valence-corrected chi connectivity index (χ3v) is 3.93. The summed E-state index contributed by atoms with van der Waals surface area (Å²) in [5, 5.41) is 11.6. The fourth-order valence-electron chi connectivity index (χ4n) is 2.52. The molecular weight excluding hydrogens is 346 g/mol. The van der Waals surface area contributed by atoms with Gasteiger partial charge in [0.05, 0.1) is 31.5 Å². The summed E-state index contributed by atoms with van der Waals surface area (Å²) in [7, 11) is 3.05. The molecule has 0 aromatic heterocycles. The number of amides is 2. The van der Waals surface area contributed by atoms with Gasteiger partial charge in [-0.25, -0.2) is 0 Å². The number of ether oxygens (including phenoxy) is 2. The van der Waals surface area contributed by atoms with Gasteiger partial charge < -0.3 is 19.7 Å². The topological polar surface area (TPSA) is 91.7 Å². The number of hydrogen-bond donors (Lipinski definition) is 1. The van der Waals surface area contributed by atoms with E-state index in [1.54, 1.807) is 42.5 Å². The van der Waals surface area contributed by atoms with Crippen molar-refractivity contribution in [2.24, 2.45) is 0 Å². The smallest absolute Gasteiger partial charge is 0.226 e. The van der Waals surface area contributed by atoms with Crippen LogP contribution >= 0.6 is 0 Å². The van der Waals surface area contributed by atoms with Crippen molar-refractivity contribution in [1.29, 1.82) is 5.26 Å². The maximum absolute atomic E-state index is 12.4. The fourth-order valence-corrected chi connectivity index (χ4v) is 2.52. The van der Waals surface area contributed by atoms with Gasteiger partial charge in [-0.15, -0.1) is 0 Å². The van der Waals surface area contributed by atoms with Crippen LogP contribution < -0.4 is 19.7 Å². The lowest BCUT2D eigenvalue weighted by atomic mass is 10.2. The first-order valence-electron chi connectivity index (χ1n) is 8.28. The number of carbonyl (C=O) groups excluding carboxylic acids is 2. The van der Waals surface area contributed by atoms with Gasteiger partial charge in [0.25, 0.3) is 0 Å². The Morgan fingerprint density at radius 2 is 1.81 bits per heavy atom. The van der Waals surface area contributed by atoms with Crippen LogP contribution in [0.2, 0.25) is 0 Å². The second-order valence-corrected chi connectivity index (χ2v) is 5.69. The van der Waals surface area contributed by atoms with E-state index >= 15 is 0 Å². The molecule has 7 nitrogen and oxygen atoms in total. The predicted octanol–water partition coefficient (Wildman–Crippen LogP) is 2.96. The number of hydrogen-bond acceptors (Lipinski definition) is 5. The van der Waals surface area contributed by atoms with Crippen LogP contribution in [0.15, 0.2) is 42.5 Å². The monoisotopic (exact) mass is 367 g/mol. The number of rotatable bonds is 7. The molecule has 0 aliphatic rings. The van der Waals surface area contributed by atoms with Crippen LogP contribution in [0.1, 0.15) is 18.9 Å². The van der Waals surface area contributed by atoms with Gasteiger partial charge in [0.1, 0.15) is 11.5 Å². The number of nitriles is 1. The van der Waals surface area contributed by atoms with Gasteiger partial charge in [-0.3, -0.25) is 9.59 Å². The zero-order valence-corrected chi connectivity index (χ0v) is 15.5. The Morgan fingerprint density at radius 3 is 2.37 bits per heavy atom. The lowest BCUT2D eigenvalue weighted by Crippen LogP contribution is -2.32. The zero-order valence-electron chi connectivity index (χ0n) is 15.5. The van der Waals surface area contributed by atoms with Crippen LogP contribution in [0.3, 0.4) is 0 Å². The van der Waals surface area contributed by atoms with Gasteiger partial charge in [0.15, 0.2) is 0 Å². The van der Waals surface area contributed by atoms with Gasteiger partial charge in [0.2, 0.25) is 11.8 Å². The van der Waals surface area contributed by atoms with Crippen molar-refractivity contribution in [1.82, 2.24) is 0 Å². The second-order valence-electron chi connectivity index (χ2n) is 5.69. The molecular formula is C20H21N3O4. The molecule has 0 saturated heterocycles. The molecule has 2 amide bonds. The van der Waals surface area contributed by atoms with E-state index in [2.05, 4.69) is 5.32 Å². The molecule has 2 rings (SSSR count). The minimum absolute atomic E-state index is 0.0972. The Balaban J connectivity index is 2.06. The number of nitrogens with one attached hydrogen (secondary N) is 1. The van der Waals surface area contributed by atoms with Crippen molar-refractivity contribution in [2.45, 2.75) is 13.3 Å². The maximum atomic E-state index is 12.4. The SMILES string of the molecule is COc1ccc(OC)c(NC(=O)CCN(C(C)=O)c2ccc(C#N)cc2)c1. The highest BCUT2D eigenvalue weighted by Crippen LogP contribution is 2.29. The molecule has 27 heavy (non-hydrogen) atoms. The van der Waals surface area contributed by atoms with E-state index < -0.39 is 0 Å². The minimum Gasteiger partial charge on any atom is -0.497 e. The Hall–Kier alpha value is -3.53. The number of nitrogens with zero attached hydrogens (tertiary/aromatic N) is 2. The van der Waals surface area contributed by atoms with Crippen molar-refractivity contribution < 1.29 is 19.1 Å². The first-order valence-corrected chi connectivity index (χ1v) is 8.28. The summed E-state index contributed by atoms with van der Waals surface area (Å²) < 4.78 is 10.4. The highest BCUT2D eigenvalue weighted by molar-refractivity contribution is 5.95. The average molecular weight is 367 g/mol. The average Bonchev–Trinajstić information content (AvgIpc) is 2.68. The molecule has 0 atom stereocenters. The summed E-state index contributed by atoms with van der Waals surface area (Å²) >= 11 is 0. The Kier molecular flexibility index (Phi) is 6.78. The van der Waals surface area contributed by atoms with Crippen LogP contribution in [0, 0.1) is 11.3 Å². The zero-order chi connectivity index (χ0) is 19.8. The van der Waals surface area contributed by atoms with E-state index in [1.165, 1.54) is 26.0 Å². The van der Waals surface area contributed by atoms with Gasteiger partial charge in [-0.05, 0) is 36.4 Å². The van der Waals surface area contributed by atoms with Crippen LogP contribution in [0.5, 0.6) is 11.5 Å². The fraction of sp³-hybridized carbons (Fsp3) is 0.250. The summed E-state index contributed by atoms with van der Waals surface area (Å²) in [6.45, 7) is 1.64. The number of anilines is 2. The van der Waals surface area contributed by atoms with E-state index in [-0.39, 0.29) is 24.8 Å². The maximum Gasteiger partial charge on any atom is 0.226 e. The molecule has 0 fully saturated rings. The largest absolute Gasteiger partial charge is 0.497 e. The van der Waals surface area contributed by atoms with E-state index in [0.29, 0.717) is 28.4 Å². The number of carbonyl (C=O) groups is 2. The van der Waals surface area contributed by atoms with E-state index in [9.17, 15) is 9.59 Å². The van der Waals surface area contributed by atoms with E-state index in [1.807, 2.05) is 6.07 Å². The van der Waals surface area contributed by atoms with Crippen molar-refractivity contribution in [3.05, 3.63) is 48.0 Å². The van der Waals surface area contributed by atoms with Crippen LogP contribution in [0.4, 0.5) is 11.4 Å². The van der Waals surface area contributed by atoms with Crippen molar-refractivity contribution >= 4 is 23.2 Å². The van der Waals surface area contributed by atoms with Gasteiger partial charge in [-0.2, -0.15) is 5.26 Å². The molecule has 0 saturated carbocycles. The van der Waals surface area contributed by atoms with Crippen LogP contribution in [0.25, 0.3) is 0 Å². The molecule has 0 aliphatic carbocycles. The second kappa shape index (κ2) is 9.25. The van der Waals surface area contributed by atoms with Crippen molar-refractivity contribution in [3.63, 3.8) is 0 Å². The summed E-state index contributed by atoms with van der Waals surface area (Å²) in [5.41, 5.74) is 1.63. The summed E-state index contributed by atoms with van der Waals surface area (Å²) in [6.07, 6.45) is 0.0972. The number of methoxy groups -OCH3 is 2. The standard InChI is InChI=1S/C20H21N3O4/c1-14(24)23(16-6-4-15(13-21)5-7-16)11-10-20(25)22-18-12-17(26-2)8-9-19(18)27-3/h4-9,12H,10-11H2,1-3H3,(H,22,25). The molecule has 0 radical (unpaired) electrons. The summed E-state index contributed by atoms with van der Waals surface area (Å²) in [5.74, 6) is 0.654. The normalized spacial score (nSPS) is 9.85. The highest BCUT2D eigenvalue weighted by Gasteiger charge is 2.15. The summed E-state index contributed by atoms with van der Waals surface area (Å²) in [6, 6.07) is 13.8. The predicted molar refractivity (Wildman–Crippen MR) is 102 cm³/mol. The lowest BCUT2D eigenvalue weighted by molar-refractivity contribution is -0.117. The van der Waals surface area contributed by atoms with Gasteiger partial charge in [0, 0.05) is 31.6 Å². The number of benzene rings is 2. The van der Waals surface area contributed by atoms with Crippen molar-refractivity contribution in [2.75, 3.05) is 31.0 Å². The van der Waals surface area contributed by atoms with Gasteiger partial charge in [-0.1, -0.05) is 0 Å². The molecule has 2 aromatic rings. The van der Waals surface area contributed by atoms with Crippen LogP contribution in [-0.4, -0.2) is 32.6 Å². The Bertz CT molecular complexity index is 857. The quantitative estimate of drug-likeness (QED) is 0.812. The van der Waals surface area contributed by atoms with Gasteiger partial charge >= 0.3 is 0 Å². The molecule has 0 bridgehead atoms. The Morgan fingerprint density at radius 1 is 1.11 bits per heavy atom. The molecule has 2 aromatic carbocycles. The third kappa shape index (κ3) is 5.22. The molecule has 0 heterocycles.